The number of H-pyrrole nitrogens is 1. The van der Waals surface area contributed by atoms with Crippen LogP contribution in [-0.4, -0.2) is 21.0 Å². The lowest BCUT2D eigenvalue weighted by molar-refractivity contribution is -0.123. The molecule has 100 valence electrons. The van der Waals surface area contributed by atoms with Gasteiger partial charge in [-0.15, -0.1) is 0 Å². The van der Waals surface area contributed by atoms with Crippen LogP contribution in [0.1, 0.15) is 33.6 Å². The molecule has 18 heavy (non-hydrogen) atoms. The van der Waals surface area contributed by atoms with Crippen LogP contribution in [0.15, 0.2) is 21.9 Å². The Kier molecular flexibility index (Phi) is 4.47. The third-order valence-corrected chi connectivity index (χ3v) is 2.56. The van der Waals surface area contributed by atoms with Crippen molar-refractivity contribution >= 4 is 5.91 Å². The van der Waals surface area contributed by atoms with Crippen LogP contribution in [-0.2, 0) is 11.3 Å². The summed E-state index contributed by atoms with van der Waals surface area (Å²) < 4.78 is 1.17. The van der Waals surface area contributed by atoms with Crippen molar-refractivity contribution in [1.82, 2.24) is 14.9 Å². The van der Waals surface area contributed by atoms with Gasteiger partial charge < -0.3 is 5.32 Å². The molecule has 0 aliphatic heterocycles. The molecule has 0 aliphatic rings. The monoisotopic (exact) mass is 253 g/mol. The van der Waals surface area contributed by atoms with Crippen LogP contribution in [0.2, 0.25) is 0 Å². The van der Waals surface area contributed by atoms with E-state index >= 15 is 0 Å². The maximum absolute atomic E-state index is 11.8. The van der Waals surface area contributed by atoms with Crippen molar-refractivity contribution in [2.75, 3.05) is 0 Å². The minimum absolute atomic E-state index is 0.0945. The molecule has 0 atom stereocenters. The molecule has 2 N–H and O–H groups in total. The maximum Gasteiger partial charge on any atom is 0.328 e. The molecule has 0 radical (unpaired) electrons. The molecule has 1 aromatic rings. The second-order valence-corrected chi connectivity index (χ2v) is 4.92. The highest BCUT2D eigenvalue weighted by atomic mass is 16.2. The van der Waals surface area contributed by atoms with Crippen molar-refractivity contribution in [3.05, 3.63) is 33.1 Å². The number of hydrogen-bond donors (Lipinski definition) is 2. The van der Waals surface area contributed by atoms with Crippen molar-refractivity contribution in [2.45, 2.75) is 45.7 Å². The Bertz CT molecular complexity index is 528. The molecule has 0 saturated heterocycles. The molecule has 6 heteroatoms. The summed E-state index contributed by atoms with van der Waals surface area (Å²) in [5, 5.41) is 2.86. The SMILES string of the molecule is CCCC(C)(C)NC(=O)Cn1ccc(=O)[nH]c1=O. The summed E-state index contributed by atoms with van der Waals surface area (Å²) in [4.78, 5) is 36.1. The van der Waals surface area contributed by atoms with Gasteiger partial charge in [-0.2, -0.15) is 0 Å². The fraction of sp³-hybridized carbons (Fsp3) is 0.583. The number of hydrogen-bond acceptors (Lipinski definition) is 3. The van der Waals surface area contributed by atoms with Gasteiger partial charge in [-0.05, 0) is 20.3 Å². The largest absolute Gasteiger partial charge is 0.350 e. The van der Waals surface area contributed by atoms with Gasteiger partial charge in [-0.25, -0.2) is 4.79 Å². The highest BCUT2D eigenvalue weighted by molar-refractivity contribution is 5.76. The zero-order chi connectivity index (χ0) is 13.8. The van der Waals surface area contributed by atoms with E-state index in [1.54, 1.807) is 0 Å². The van der Waals surface area contributed by atoms with Gasteiger partial charge in [-0.1, -0.05) is 13.3 Å². The molecule has 0 unspecified atom stereocenters. The number of aromatic amines is 1. The highest BCUT2D eigenvalue weighted by Crippen LogP contribution is 2.10. The van der Waals surface area contributed by atoms with Crippen molar-refractivity contribution in [3.8, 4) is 0 Å². The predicted molar refractivity (Wildman–Crippen MR) is 68.5 cm³/mol. The van der Waals surface area contributed by atoms with Crippen molar-refractivity contribution in [1.29, 1.82) is 0 Å². The average molecular weight is 253 g/mol. The van der Waals surface area contributed by atoms with Gasteiger partial charge in [0, 0.05) is 17.8 Å². The van der Waals surface area contributed by atoms with Crippen LogP contribution < -0.4 is 16.6 Å². The number of amides is 1. The van der Waals surface area contributed by atoms with Gasteiger partial charge in [0.05, 0.1) is 0 Å². The molecule has 1 aromatic heterocycles. The molecule has 0 spiro atoms. The zero-order valence-electron chi connectivity index (χ0n) is 10.9. The van der Waals surface area contributed by atoms with Crippen LogP contribution in [0.5, 0.6) is 0 Å². The minimum atomic E-state index is -0.578. The summed E-state index contributed by atoms with van der Waals surface area (Å²) in [7, 11) is 0. The Balaban J connectivity index is 2.71. The van der Waals surface area contributed by atoms with E-state index in [4.69, 9.17) is 0 Å². The maximum atomic E-state index is 11.8. The molecule has 0 saturated carbocycles. The molecular formula is C12H19N3O3. The summed E-state index contributed by atoms with van der Waals surface area (Å²) in [6, 6.07) is 1.21. The third kappa shape index (κ3) is 4.20. The first-order valence-corrected chi connectivity index (χ1v) is 5.95. The first kappa shape index (κ1) is 14.2. The van der Waals surface area contributed by atoms with Gasteiger partial charge >= 0.3 is 5.69 Å². The number of nitrogens with one attached hydrogen (secondary N) is 2. The average Bonchev–Trinajstić information content (AvgIpc) is 2.21. The Morgan fingerprint density at radius 3 is 2.67 bits per heavy atom. The number of carbonyl (C=O) groups excluding carboxylic acids is 1. The van der Waals surface area contributed by atoms with E-state index in [1.165, 1.54) is 16.8 Å². The fourth-order valence-electron chi connectivity index (χ4n) is 1.83. The molecule has 1 rings (SSSR count). The van der Waals surface area contributed by atoms with Gasteiger partial charge in [0.1, 0.15) is 6.54 Å². The Hall–Kier alpha value is -1.85. The van der Waals surface area contributed by atoms with Crippen LogP contribution in [0, 0.1) is 0 Å². The predicted octanol–water partition coefficient (Wildman–Crippen LogP) is 0.231. The van der Waals surface area contributed by atoms with Gasteiger partial charge in [0.15, 0.2) is 0 Å². The molecule has 0 aromatic carbocycles. The first-order valence-electron chi connectivity index (χ1n) is 5.95. The lowest BCUT2D eigenvalue weighted by atomic mass is 9.99. The van der Waals surface area contributed by atoms with E-state index in [0.717, 1.165) is 12.8 Å². The number of rotatable bonds is 5. The molecule has 0 aliphatic carbocycles. The summed E-state index contributed by atoms with van der Waals surface area (Å²) in [6.45, 7) is 5.82. The van der Waals surface area contributed by atoms with Gasteiger partial charge in [-0.3, -0.25) is 19.1 Å². The lowest BCUT2D eigenvalue weighted by Crippen LogP contribution is -2.46. The number of nitrogens with zero attached hydrogens (tertiary/aromatic N) is 1. The van der Waals surface area contributed by atoms with E-state index in [9.17, 15) is 14.4 Å². The number of aromatic nitrogens is 2. The third-order valence-electron chi connectivity index (χ3n) is 2.56. The second kappa shape index (κ2) is 5.66. The highest BCUT2D eigenvalue weighted by Gasteiger charge is 2.19. The normalized spacial score (nSPS) is 11.3. The summed E-state index contributed by atoms with van der Waals surface area (Å²) in [6.07, 6.45) is 3.14. The summed E-state index contributed by atoms with van der Waals surface area (Å²) in [5.41, 5.74) is -1.34. The van der Waals surface area contributed by atoms with Crippen LogP contribution in [0.4, 0.5) is 0 Å². The van der Waals surface area contributed by atoms with Crippen molar-refractivity contribution < 1.29 is 4.79 Å². The second-order valence-electron chi connectivity index (χ2n) is 4.92. The van der Waals surface area contributed by atoms with E-state index < -0.39 is 11.2 Å². The first-order chi connectivity index (χ1) is 8.34. The van der Waals surface area contributed by atoms with Crippen LogP contribution in [0.3, 0.4) is 0 Å². The van der Waals surface area contributed by atoms with E-state index in [2.05, 4.69) is 10.3 Å². The quantitative estimate of drug-likeness (QED) is 0.788. The molecule has 0 fully saturated rings. The van der Waals surface area contributed by atoms with E-state index in [-0.39, 0.29) is 18.0 Å². The molecule has 1 amide bonds. The molecular weight excluding hydrogens is 234 g/mol. The molecule has 6 nitrogen and oxygen atoms in total. The standard InChI is InChI=1S/C12H19N3O3/c1-4-6-12(2,3)14-10(17)8-15-7-5-9(16)13-11(15)18/h5,7H,4,6,8H2,1-3H3,(H,14,17)(H,13,16,18). The van der Waals surface area contributed by atoms with E-state index in [0.29, 0.717) is 0 Å². The molecule has 0 bridgehead atoms. The topological polar surface area (TPSA) is 84.0 Å². The Morgan fingerprint density at radius 2 is 2.11 bits per heavy atom. The van der Waals surface area contributed by atoms with E-state index in [1.807, 2.05) is 20.8 Å². The number of carbonyl (C=O) groups is 1. The summed E-state index contributed by atoms with van der Waals surface area (Å²) in [5.74, 6) is -0.248. The zero-order valence-corrected chi connectivity index (χ0v) is 10.9. The van der Waals surface area contributed by atoms with Gasteiger partial charge in [0.25, 0.3) is 5.56 Å². The Labute approximate surface area is 105 Å². The van der Waals surface area contributed by atoms with Gasteiger partial charge in [0.2, 0.25) is 5.91 Å². The summed E-state index contributed by atoms with van der Waals surface area (Å²) >= 11 is 0. The lowest BCUT2D eigenvalue weighted by Gasteiger charge is -2.25. The smallest absolute Gasteiger partial charge is 0.328 e. The Morgan fingerprint density at radius 1 is 1.44 bits per heavy atom. The van der Waals surface area contributed by atoms with Crippen LogP contribution >= 0.6 is 0 Å². The minimum Gasteiger partial charge on any atom is -0.350 e. The fourth-order valence-corrected chi connectivity index (χ4v) is 1.83. The van der Waals surface area contributed by atoms with Crippen molar-refractivity contribution in [2.24, 2.45) is 0 Å². The van der Waals surface area contributed by atoms with Crippen LogP contribution in [0.25, 0.3) is 0 Å². The molecule has 1 heterocycles. The van der Waals surface area contributed by atoms with Crippen molar-refractivity contribution in [3.63, 3.8) is 0 Å².